The zero-order valence-electron chi connectivity index (χ0n) is 23.0. The van der Waals surface area contributed by atoms with Crippen LogP contribution in [0.4, 0.5) is 0 Å². The van der Waals surface area contributed by atoms with Gasteiger partial charge in [0.1, 0.15) is 0 Å². The first-order chi connectivity index (χ1) is 16.3. The molecule has 1 N–H and O–H groups in total. The largest absolute Gasteiger partial charge is 0.312 e. The van der Waals surface area contributed by atoms with Gasteiger partial charge in [-0.2, -0.15) is 0 Å². The zero-order chi connectivity index (χ0) is 24.1. The lowest BCUT2D eigenvalue weighted by Crippen LogP contribution is -2.53. The molecule has 0 radical (unpaired) electrons. The molecule has 2 saturated heterocycles. The molecule has 3 nitrogen and oxygen atoms in total. The second-order valence-corrected chi connectivity index (χ2v) is 14.4. The molecule has 0 bridgehead atoms. The molecule has 0 amide bonds. The quantitative estimate of drug-likeness (QED) is 0.363. The van der Waals surface area contributed by atoms with E-state index in [0.29, 0.717) is 22.8 Å². The number of piperidine rings is 1. The van der Waals surface area contributed by atoms with Crippen molar-refractivity contribution in [2.24, 2.45) is 35.0 Å². The lowest BCUT2D eigenvalue weighted by atomic mass is 9.64. The molecule has 2 aliphatic carbocycles. The van der Waals surface area contributed by atoms with Crippen LogP contribution in [0.1, 0.15) is 98.3 Å². The highest BCUT2D eigenvalue weighted by Crippen LogP contribution is 2.45. The van der Waals surface area contributed by atoms with Crippen molar-refractivity contribution in [3.05, 3.63) is 0 Å². The van der Waals surface area contributed by atoms with E-state index in [2.05, 4.69) is 42.8 Å². The Morgan fingerprint density at radius 1 is 0.853 bits per heavy atom. The van der Waals surface area contributed by atoms with Crippen molar-refractivity contribution in [2.75, 3.05) is 45.8 Å². The summed E-state index contributed by atoms with van der Waals surface area (Å²) in [6.07, 6.45) is 15.4. The molecule has 34 heavy (non-hydrogen) atoms. The third-order valence-electron chi connectivity index (χ3n) is 10.2. The molecule has 4 fully saturated rings. The van der Waals surface area contributed by atoms with Crippen LogP contribution in [-0.2, 0) is 0 Å². The summed E-state index contributed by atoms with van der Waals surface area (Å²) in [5.41, 5.74) is 0.425. The number of halogens is 1. The molecule has 3 atom stereocenters. The van der Waals surface area contributed by atoms with E-state index >= 15 is 0 Å². The van der Waals surface area contributed by atoms with Crippen molar-refractivity contribution in [3.8, 4) is 0 Å². The summed E-state index contributed by atoms with van der Waals surface area (Å²) in [4.78, 5) is 5.59. The molecule has 0 aromatic rings. The molecule has 4 rings (SSSR count). The molecule has 0 aromatic carbocycles. The summed E-state index contributed by atoms with van der Waals surface area (Å²) in [6, 6.07) is 0.617. The molecule has 4 aliphatic rings. The van der Waals surface area contributed by atoms with E-state index in [-0.39, 0.29) is 0 Å². The molecule has 0 aromatic heterocycles. The van der Waals surface area contributed by atoms with Crippen LogP contribution in [-0.4, -0.2) is 67.0 Å². The van der Waals surface area contributed by atoms with Gasteiger partial charge in [0.25, 0.3) is 0 Å². The van der Waals surface area contributed by atoms with Crippen molar-refractivity contribution in [2.45, 2.75) is 110 Å². The first-order valence-electron chi connectivity index (χ1n) is 15.1. The van der Waals surface area contributed by atoms with Gasteiger partial charge in [-0.05, 0) is 106 Å². The highest BCUT2D eigenvalue weighted by atomic mass is 35.5. The fraction of sp³-hybridized carbons (Fsp3) is 1.00. The summed E-state index contributed by atoms with van der Waals surface area (Å²) in [5.74, 6) is 4.32. The van der Waals surface area contributed by atoms with Crippen LogP contribution in [0.5, 0.6) is 0 Å². The average molecular weight is 494 g/mol. The number of alkyl halides is 1. The number of nitrogens with zero attached hydrogens (tertiary/aromatic N) is 2. The first kappa shape index (κ1) is 27.2. The second-order valence-electron chi connectivity index (χ2n) is 13.8. The first-order valence-corrected chi connectivity index (χ1v) is 15.6. The van der Waals surface area contributed by atoms with Crippen LogP contribution in [0.2, 0.25) is 0 Å². The zero-order valence-corrected chi connectivity index (χ0v) is 23.8. The van der Waals surface area contributed by atoms with Crippen molar-refractivity contribution in [1.82, 2.24) is 15.1 Å². The van der Waals surface area contributed by atoms with Crippen molar-refractivity contribution >= 4 is 11.6 Å². The van der Waals surface area contributed by atoms with Crippen LogP contribution >= 0.6 is 11.6 Å². The van der Waals surface area contributed by atoms with Gasteiger partial charge in [-0.15, -0.1) is 11.6 Å². The molecule has 2 heterocycles. The number of nitrogens with one attached hydrogen (secondary N) is 1. The summed E-state index contributed by atoms with van der Waals surface area (Å²) in [6.45, 7) is 19.0. The highest BCUT2D eigenvalue weighted by Gasteiger charge is 2.41. The van der Waals surface area contributed by atoms with Crippen molar-refractivity contribution < 1.29 is 0 Å². The average Bonchev–Trinajstić information content (AvgIpc) is 3.24. The van der Waals surface area contributed by atoms with E-state index in [1.165, 1.54) is 116 Å². The van der Waals surface area contributed by atoms with E-state index in [0.717, 1.165) is 23.7 Å². The Kier molecular flexibility index (Phi) is 10.1. The minimum atomic E-state index is 0.425. The van der Waals surface area contributed by atoms with Gasteiger partial charge in [-0.1, -0.05) is 47.0 Å². The summed E-state index contributed by atoms with van der Waals surface area (Å²) >= 11 is 6.41. The van der Waals surface area contributed by atoms with Gasteiger partial charge < -0.3 is 15.1 Å². The SMILES string of the molecule is CC(C)[C@H](CN1CC[C@H](C2CCC(Cl)CC2)C(C)(C)C1)NC[C@@H]1CCN(CC2CCCCC2)C1. The Labute approximate surface area is 217 Å². The molecule has 198 valence electrons. The fourth-order valence-electron chi connectivity index (χ4n) is 8.08. The van der Waals surface area contributed by atoms with Gasteiger partial charge in [0.15, 0.2) is 0 Å². The topological polar surface area (TPSA) is 18.5 Å². The Hall–Kier alpha value is 0.170. The third-order valence-corrected chi connectivity index (χ3v) is 10.6. The number of rotatable bonds is 9. The highest BCUT2D eigenvalue weighted by molar-refractivity contribution is 6.20. The second kappa shape index (κ2) is 12.6. The van der Waals surface area contributed by atoms with Gasteiger partial charge in [0, 0.05) is 37.6 Å². The Bertz CT molecular complexity index is 594. The van der Waals surface area contributed by atoms with Crippen LogP contribution in [0.3, 0.4) is 0 Å². The molecule has 0 unspecified atom stereocenters. The maximum absolute atomic E-state index is 6.41. The standard InChI is InChI=1S/C30H56ClN3/c1-23(2)29(32-18-25-14-16-33(20-25)19-24-8-6-5-7-9-24)21-34-17-15-28(30(3,4)22-34)26-10-12-27(31)13-11-26/h23-29,32H,5-22H2,1-4H3/t25-,26?,27?,28+,29-/m0/s1. The predicted molar refractivity (Wildman–Crippen MR) is 148 cm³/mol. The van der Waals surface area contributed by atoms with E-state index < -0.39 is 0 Å². The molecular weight excluding hydrogens is 438 g/mol. The lowest BCUT2D eigenvalue weighted by Gasteiger charge is -2.49. The van der Waals surface area contributed by atoms with Crippen LogP contribution < -0.4 is 5.32 Å². The third kappa shape index (κ3) is 7.59. The summed E-state index contributed by atoms with van der Waals surface area (Å²) < 4.78 is 0. The maximum Gasteiger partial charge on any atom is 0.0336 e. The van der Waals surface area contributed by atoms with Gasteiger partial charge >= 0.3 is 0 Å². The monoisotopic (exact) mass is 493 g/mol. The number of hydrogen-bond acceptors (Lipinski definition) is 3. The number of hydrogen-bond donors (Lipinski definition) is 1. The van der Waals surface area contributed by atoms with Crippen LogP contribution in [0.15, 0.2) is 0 Å². The van der Waals surface area contributed by atoms with Crippen molar-refractivity contribution in [3.63, 3.8) is 0 Å². The number of likely N-dealkylation sites (tertiary alicyclic amines) is 2. The molecular formula is C30H56ClN3. The van der Waals surface area contributed by atoms with Crippen molar-refractivity contribution in [1.29, 1.82) is 0 Å². The predicted octanol–water partition coefficient (Wildman–Crippen LogP) is 6.65. The van der Waals surface area contributed by atoms with Gasteiger partial charge in [-0.25, -0.2) is 0 Å². The van der Waals surface area contributed by atoms with E-state index in [9.17, 15) is 0 Å². The lowest BCUT2D eigenvalue weighted by molar-refractivity contribution is 0.00468. The molecule has 0 spiro atoms. The Balaban J connectivity index is 1.20. The molecule has 2 saturated carbocycles. The van der Waals surface area contributed by atoms with Gasteiger partial charge in [-0.3, -0.25) is 0 Å². The Morgan fingerprint density at radius 2 is 1.56 bits per heavy atom. The Morgan fingerprint density at radius 3 is 2.24 bits per heavy atom. The smallest absolute Gasteiger partial charge is 0.0336 e. The fourth-order valence-corrected chi connectivity index (χ4v) is 8.33. The molecule has 4 heteroatoms. The van der Waals surface area contributed by atoms with Gasteiger partial charge in [0.2, 0.25) is 0 Å². The van der Waals surface area contributed by atoms with Crippen LogP contribution in [0.25, 0.3) is 0 Å². The van der Waals surface area contributed by atoms with E-state index in [1.807, 2.05) is 0 Å². The normalized spacial score (nSPS) is 35.1. The van der Waals surface area contributed by atoms with E-state index in [4.69, 9.17) is 11.6 Å². The van der Waals surface area contributed by atoms with Gasteiger partial charge in [0.05, 0.1) is 0 Å². The summed E-state index contributed by atoms with van der Waals surface area (Å²) in [5, 5.41) is 4.50. The van der Waals surface area contributed by atoms with Crippen LogP contribution in [0, 0.1) is 35.0 Å². The van der Waals surface area contributed by atoms with E-state index in [1.54, 1.807) is 0 Å². The maximum atomic E-state index is 6.41. The minimum Gasteiger partial charge on any atom is -0.312 e. The summed E-state index contributed by atoms with van der Waals surface area (Å²) in [7, 11) is 0. The molecule has 2 aliphatic heterocycles. The minimum absolute atomic E-state index is 0.425.